The van der Waals surface area contributed by atoms with E-state index < -0.39 is 27.4 Å². The number of rotatable bonds is 6. The van der Waals surface area contributed by atoms with Crippen molar-refractivity contribution >= 4 is 10.5 Å². The monoisotopic (exact) mass is 321 g/mol. The van der Waals surface area contributed by atoms with Crippen LogP contribution in [0.1, 0.15) is 33.3 Å². The van der Waals surface area contributed by atoms with Crippen molar-refractivity contribution in [3.8, 4) is 0 Å². The molecular weight excluding hydrogens is 296 g/mol. The molecule has 2 atom stereocenters. The van der Waals surface area contributed by atoms with Crippen LogP contribution in [0.4, 0.5) is 8.78 Å². The Balaban J connectivity index is 3.07. The maximum absolute atomic E-state index is 14.6. The molecule has 0 aliphatic carbocycles. The Morgan fingerprint density at radius 2 is 1.76 bits per heavy atom. The highest BCUT2D eigenvalue weighted by molar-refractivity contribution is 8.28. The number of halogens is 2. The second-order valence-electron chi connectivity index (χ2n) is 5.93. The summed E-state index contributed by atoms with van der Waals surface area (Å²) in [6.45, 7) is 7.19. The molecule has 0 amide bonds. The number of hydrogen-bond acceptors (Lipinski definition) is 3. The van der Waals surface area contributed by atoms with Gasteiger partial charge in [0.25, 0.3) is 0 Å². The lowest BCUT2D eigenvalue weighted by Gasteiger charge is -2.46. The molecule has 0 aromatic heterocycles. The lowest BCUT2D eigenvalue weighted by molar-refractivity contribution is -0.146. The zero-order valence-corrected chi connectivity index (χ0v) is 14.0. The Kier molecular flexibility index (Phi) is 5.77. The highest BCUT2D eigenvalue weighted by atomic mass is 32.3. The molecule has 3 nitrogen and oxygen atoms in total. The Morgan fingerprint density at radius 3 is 2.19 bits per heavy atom. The van der Waals surface area contributed by atoms with Gasteiger partial charge in [-0.25, -0.2) is 4.72 Å². The van der Waals surface area contributed by atoms with Gasteiger partial charge in [-0.2, -0.15) is 8.78 Å². The number of benzene rings is 1. The van der Waals surface area contributed by atoms with E-state index in [9.17, 15) is 13.3 Å². The summed E-state index contributed by atoms with van der Waals surface area (Å²) >= 11 is 0. The fraction of sp³-hybridized carbons (Fsp3) is 0.600. The molecule has 0 radical (unpaired) electrons. The molecule has 2 unspecified atom stereocenters. The summed E-state index contributed by atoms with van der Waals surface area (Å²) in [6, 6.07) is 7.50. The van der Waals surface area contributed by atoms with Crippen LogP contribution in [0.25, 0.3) is 0 Å². The van der Waals surface area contributed by atoms with Crippen molar-refractivity contribution in [3.63, 3.8) is 0 Å². The first-order valence-electron chi connectivity index (χ1n) is 6.85. The van der Waals surface area contributed by atoms with Gasteiger partial charge in [-0.15, -0.1) is 0 Å². The van der Waals surface area contributed by atoms with Crippen LogP contribution >= 0.6 is 10.5 Å². The van der Waals surface area contributed by atoms with Gasteiger partial charge in [-0.05, 0) is 27.7 Å². The maximum atomic E-state index is 14.6. The van der Waals surface area contributed by atoms with E-state index in [1.54, 1.807) is 52.1 Å². The molecule has 0 aliphatic heterocycles. The molecule has 0 saturated carbocycles. The van der Waals surface area contributed by atoms with Crippen LogP contribution in [0.2, 0.25) is 0 Å². The molecule has 122 valence electrons. The van der Waals surface area contributed by atoms with Gasteiger partial charge in [-0.1, -0.05) is 40.8 Å². The van der Waals surface area contributed by atoms with Crippen molar-refractivity contribution in [2.24, 2.45) is 0 Å². The van der Waals surface area contributed by atoms with Crippen molar-refractivity contribution < 1.29 is 18.1 Å². The molecule has 6 heteroatoms. The first-order valence-corrected chi connectivity index (χ1v) is 8.84. The van der Waals surface area contributed by atoms with E-state index in [1.807, 2.05) is 0 Å². The second kappa shape index (κ2) is 6.60. The van der Waals surface area contributed by atoms with Crippen LogP contribution < -0.4 is 4.72 Å². The van der Waals surface area contributed by atoms with E-state index in [0.29, 0.717) is 0 Å². The molecule has 0 heterocycles. The van der Waals surface area contributed by atoms with E-state index in [-0.39, 0.29) is 12.2 Å². The number of hydrogen-bond donors (Lipinski definition) is 2. The minimum atomic E-state index is -3.24. The summed E-state index contributed by atoms with van der Waals surface area (Å²) < 4.78 is 47.1. The molecule has 0 bridgehead atoms. The van der Waals surface area contributed by atoms with E-state index in [4.69, 9.17) is 4.74 Å². The minimum absolute atomic E-state index is 0.125. The van der Waals surface area contributed by atoms with Gasteiger partial charge in [0, 0.05) is 23.2 Å². The van der Waals surface area contributed by atoms with Crippen LogP contribution in [0, 0.1) is 0 Å². The number of alkyl halides is 2. The summed E-state index contributed by atoms with van der Waals surface area (Å²) in [5, 5.41) is 0. The molecule has 0 saturated heterocycles. The lowest BCUT2D eigenvalue weighted by atomic mass is 10.1. The van der Waals surface area contributed by atoms with Crippen LogP contribution in [-0.4, -0.2) is 28.4 Å². The Hall–Kier alpha value is -0.690. The van der Waals surface area contributed by atoms with Crippen molar-refractivity contribution in [2.45, 2.75) is 44.6 Å². The summed E-state index contributed by atoms with van der Waals surface area (Å²) in [7, 11) is -2.47. The van der Waals surface area contributed by atoms with Crippen LogP contribution in [-0.2, 0) is 10.7 Å². The number of nitrogens with one attached hydrogen (secondary N) is 1. The fourth-order valence-corrected chi connectivity index (χ4v) is 2.56. The molecule has 21 heavy (non-hydrogen) atoms. The van der Waals surface area contributed by atoms with Crippen molar-refractivity contribution in [2.75, 3.05) is 12.9 Å². The molecule has 1 aromatic rings. The Bertz CT molecular complexity index is 447. The normalized spacial score (nSPS) is 18.9. The second-order valence-corrected chi connectivity index (χ2v) is 9.14. The number of ether oxygens (including phenoxy) is 1. The van der Waals surface area contributed by atoms with E-state index in [1.165, 1.54) is 12.1 Å². The van der Waals surface area contributed by atoms with Gasteiger partial charge in [0.05, 0.1) is 0 Å². The van der Waals surface area contributed by atoms with Gasteiger partial charge in [-0.3, -0.25) is 0 Å². The first kappa shape index (κ1) is 18.4. The van der Waals surface area contributed by atoms with Crippen LogP contribution in [0.5, 0.6) is 0 Å². The first-order chi connectivity index (χ1) is 9.52. The topological polar surface area (TPSA) is 41.5 Å². The zero-order chi connectivity index (χ0) is 16.3. The highest BCUT2D eigenvalue weighted by Crippen LogP contribution is 2.50. The molecule has 1 rings (SSSR count). The van der Waals surface area contributed by atoms with Gasteiger partial charge >= 0.3 is 5.92 Å². The minimum Gasteiger partial charge on any atom is -0.356 e. The molecule has 2 N–H and O–H groups in total. The summed E-state index contributed by atoms with van der Waals surface area (Å²) in [4.78, 5) is 0. The van der Waals surface area contributed by atoms with Gasteiger partial charge in [0.15, 0.2) is 6.23 Å². The predicted molar refractivity (Wildman–Crippen MR) is 84.8 cm³/mol. The zero-order valence-electron chi connectivity index (χ0n) is 13.2. The largest absolute Gasteiger partial charge is 0.356 e. The Labute approximate surface area is 127 Å². The summed E-state index contributed by atoms with van der Waals surface area (Å²) in [5.74, 6) is -3.24. The SMILES string of the molecule is CCOC(NS(C)(O)C(C)(C)C)C(F)(F)c1ccccc1. The predicted octanol–water partition coefficient (Wildman–Crippen LogP) is 4.35. The van der Waals surface area contributed by atoms with Gasteiger partial charge in [0.2, 0.25) is 0 Å². The molecular formula is C15H25F2NO2S. The van der Waals surface area contributed by atoms with E-state index >= 15 is 0 Å². The van der Waals surface area contributed by atoms with E-state index in [0.717, 1.165) is 0 Å². The third-order valence-corrected chi connectivity index (χ3v) is 6.41. The van der Waals surface area contributed by atoms with Gasteiger partial charge < -0.3 is 9.29 Å². The molecule has 1 aromatic carbocycles. The Morgan fingerprint density at radius 1 is 1.24 bits per heavy atom. The summed E-state index contributed by atoms with van der Waals surface area (Å²) in [6.07, 6.45) is -0.0192. The maximum Gasteiger partial charge on any atom is 0.312 e. The molecule has 0 fully saturated rings. The fourth-order valence-electron chi connectivity index (χ4n) is 1.58. The third-order valence-electron chi connectivity index (χ3n) is 3.35. The van der Waals surface area contributed by atoms with Crippen molar-refractivity contribution in [1.29, 1.82) is 0 Å². The summed E-state index contributed by atoms with van der Waals surface area (Å²) in [5.41, 5.74) is -0.139. The highest BCUT2D eigenvalue weighted by Gasteiger charge is 2.46. The average molecular weight is 321 g/mol. The smallest absolute Gasteiger partial charge is 0.312 e. The van der Waals surface area contributed by atoms with Gasteiger partial charge in [0.1, 0.15) is 0 Å². The quantitative estimate of drug-likeness (QED) is 0.765. The van der Waals surface area contributed by atoms with Crippen LogP contribution in [0.3, 0.4) is 0 Å². The van der Waals surface area contributed by atoms with Crippen LogP contribution in [0.15, 0.2) is 30.3 Å². The average Bonchev–Trinajstić information content (AvgIpc) is 2.37. The van der Waals surface area contributed by atoms with E-state index in [2.05, 4.69) is 4.72 Å². The van der Waals surface area contributed by atoms with Crippen molar-refractivity contribution in [1.82, 2.24) is 4.72 Å². The molecule has 0 spiro atoms. The van der Waals surface area contributed by atoms with Crippen molar-refractivity contribution in [3.05, 3.63) is 35.9 Å². The standard InChI is InChI=1S/C15H25F2NO2S/c1-6-20-13(18-21(5,19)14(2,3)4)15(16,17)12-10-8-7-9-11-12/h7-11,13,18-19H,6H2,1-5H3. The third kappa shape index (κ3) is 4.39. The lowest BCUT2D eigenvalue weighted by Crippen LogP contribution is -2.49. The molecule has 0 aliphatic rings.